The van der Waals surface area contributed by atoms with Crippen LogP contribution in [-0.4, -0.2) is 116 Å². The Morgan fingerprint density at radius 3 is 0.917 bits per heavy atom. The molecule has 0 heterocycles. The first kappa shape index (κ1) is 30.6. The van der Waals surface area contributed by atoms with Crippen LogP contribution in [0.5, 0.6) is 0 Å². The molecule has 0 saturated carbocycles. The van der Waals surface area contributed by atoms with E-state index in [-0.39, 0.29) is 0 Å². The SMILES string of the molecule is C[Si](C)(O[SiH3])O[SiH3].C[Si](O[SiH3])(O[SiH3])[SiH]=O.O=[SiH][Si](O[SiH3])(O[SiH3])O[SiH3]. The minimum absolute atomic E-state index is 0.552. The van der Waals surface area contributed by atoms with Crippen LogP contribution >= 0.6 is 0 Å². The normalized spacial score (nSPS) is 16.5. The predicted molar refractivity (Wildman–Crippen MR) is 128 cm³/mol. The van der Waals surface area contributed by atoms with Crippen molar-refractivity contribution in [2.24, 2.45) is 0 Å². The molecule has 0 aliphatic carbocycles. The lowest BCUT2D eigenvalue weighted by Crippen LogP contribution is -2.47. The van der Waals surface area contributed by atoms with Crippen molar-refractivity contribution in [2.45, 2.75) is 19.6 Å². The van der Waals surface area contributed by atoms with Gasteiger partial charge in [0.15, 0.2) is 0 Å². The van der Waals surface area contributed by atoms with Gasteiger partial charge in [0.2, 0.25) is 0 Å². The van der Waals surface area contributed by atoms with Gasteiger partial charge < -0.3 is 37.7 Å². The van der Waals surface area contributed by atoms with Gasteiger partial charge in [-0.2, -0.15) is 0 Å². The van der Waals surface area contributed by atoms with E-state index in [0.717, 1.165) is 21.0 Å². The Kier molecular flexibility index (Phi) is 21.8. The molecule has 0 amide bonds. The van der Waals surface area contributed by atoms with Crippen molar-refractivity contribution in [3.63, 3.8) is 0 Å². The molecular formula is C3H32O9Si12. The Labute approximate surface area is 173 Å². The van der Waals surface area contributed by atoms with E-state index in [1.54, 1.807) is 0 Å². The summed E-state index contributed by atoms with van der Waals surface area (Å²) in [6, 6.07) is 0. The van der Waals surface area contributed by atoms with Crippen molar-refractivity contribution in [3.05, 3.63) is 0 Å². The van der Waals surface area contributed by atoms with Gasteiger partial charge in [0.05, 0.1) is 0 Å². The van der Waals surface area contributed by atoms with E-state index in [0.29, 0.717) is 52.4 Å². The molecule has 0 aromatic carbocycles. The highest BCUT2D eigenvalue weighted by Crippen LogP contribution is 1.99. The third-order valence-electron chi connectivity index (χ3n) is 3.01. The largest absolute Gasteiger partial charge is 0.505 e. The number of hydrogen-bond acceptors (Lipinski definition) is 9. The summed E-state index contributed by atoms with van der Waals surface area (Å²) in [7, 11) is -3.27. The molecule has 0 N–H and O–H groups in total. The molecule has 0 bridgehead atoms. The second kappa shape index (κ2) is 17.1. The summed E-state index contributed by atoms with van der Waals surface area (Å²) in [4.78, 5) is 0. The molecule has 0 saturated heterocycles. The van der Waals surface area contributed by atoms with Crippen molar-refractivity contribution in [1.29, 1.82) is 0 Å². The molecule has 0 fully saturated rings. The summed E-state index contributed by atoms with van der Waals surface area (Å²) in [6.45, 7) is 5.97. The van der Waals surface area contributed by atoms with Crippen LogP contribution < -0.4 is 0 Å². The summed E-state index contributed by atoms with van der Waals surface area (Å²) >= 11 is 0. The summed E-state index contributed by atoms with van der Waals surface area (Å²) in [5, 5.41) is 0. The van der Waals surface area contributed by atoms with E-state index in [1.807, 2.05) is 6.55 Å². The van der Waals surface area contributed by atoms with E-state index in [9.17, 15) is 8.92 Å². The topological polar surface area (TPSA) is 98.8 Å². The van der Waals surface area contributed by atoms with E-state index in [4.69, 9.17) is 28.8 Å². The summed E-state index contributed by atoms with van der Waals surface area (Å²) in [5.41, 5.74) is 0. The highest BCUT2D eigenvalue weighted by atomic mass is 29.2. The Morgan fingerprint density at radius 2 is 0.917 bits per heavy atom. The predicted octanol–water partition coefficient (Wildman–Crippen LogP) is -9.69. The smallest absolute Gasteiger partial charge is 0.445 e. The minimum atomic E-state index is -2.48. The molecule has 24 heavy (non-hydrogen) atoms. The number of hydrogen-bond donors (Lipinski definition) is 0. The monoisotopic (exact) mass is 548 g/mol. The molecule has 0 radical (unpaired) electrons. The lowest BCUT2D eigenvalue weighted by molar-refractivity contribution is 0.324. The van der Waals surface area contributed by atoms with Crippen molar-refractivity contribution >= 4 is 116 Å². The first-order valence-corrected chi connectivity index (χ1v) is 24.0. The van der Waals surface area contributed by atoms with Crippen LogP contribution in [0.25, 0.3) is 0 Å². The van der Waals surface area contributed by atoms with Crippen LogP contribution in [0.2, 0.25) is 19.6 Å². The Balaban J connectivity index is -0.000000278. The second-order valence-electron chi connectivity index (χ2n) is 4.68. The second-order valence-corrected chi connectivity index (χ2v) is 29.3. The van der Waals surface area contributed by atoms with Crippen molar-refractivity contribution in [1.82, 2.24) is 0 Å². The molecule has 0 aromatic heterocycles. The fourth-order valence-electron chi connectivity index (χ4n) is 0.657. The van der Waals surface area contributed by atoms with E-state index < -0.39 is 42.8 Å². The fourth-order valence-corrected chi connectivity index (χ4v) is 17.7. The Morgan fingerprint density at radius 1 is 0.583 bits per heavy atom. The fraction of sp³-hybridized carbons (Fsp3) is 1.00. The van der Waals surface area contributed by atoms with Gasteiger partial charge in [-0.1, -0.05) is 0 Å². The van der Waals surface area contributed by atoms with Gasteiger partial charge in [-0.05, 0) is 19.6 Å². The number of rotatable bonds is 9. The van der Waals surface area contributed by atoms with Gasteiger partial charge in [0, 0.05) is 0 Å². The summed E-state index contributed by atoms with van der Waals surface area (Å²) in [6.07, 6.45) is 0. The van der Waals surface area contributed by atoms with Gasteiger partial charge in [-0.3, -0.25) is 0 Å². The van der Waals surface area contributed by atoms with Crippen LogP contribution in [0.3, 0.4) is 0 Å². The van der Waals surface area contributed by atoms with Gasteiger partial charge in [0.25, 0.3) is 0 Å². The zero-order chi connectivity index (χ0) is 19.9. The van der Waals surface area contributed by atoms with Crippen molar-refractivity contribution in [2.75, 3.05) is 0 Å². The molecule has 0 unspecified atom stereocenters. The average Bonchev–Trinajstić information content (AvgIpc) is 2.64. The molecule has 9 nitrogen and oxygen atoms in total. The molecule has 0 atom stereocenters. The molecule has 21 heteroatoms. The first-order valence-electron chi connectivity index (χ1n) is 6.84. The van der Waals surface area contributed by atoms with E-state index in [2.05, 4.69) is 13.1 Å². The van der Waals surface area contributed by atoms with Gasteiger partial charge in [-0.25, -0.2) is 0 Å². The van der Waals surface area contributed by atoms with Gasteiger partial charge in [-0.15, -0.1) is 0 Å². The van der Waals surface area contributed by atoms with Gasteiger partial charge in [0.1, 0.15) is 73.4 Å². The average molecular weight is 549 g/mol. The molecule has 0 rings (SSSR count). The molecule has 0 aliphatic rings. The van der Waals surface area contributed by atoms with Crippen LogP contribution in [0, 0.1) is 0 Å². The first-order chi connectivity index (χ1) is 11.0. The Bertz CT molecular complexity index is 307. The summed E-state index contributed by atoms with van der Waals surface area (Å²) < 4.78 is 56.3. The van der Waals surface area contributed by atoms with Crippen LogP contribution in [-0.2, 0) is 37.7 Å². The quantitative estimate of drug-likeness (QED) is 0.260. The maximum absolute atomic E-state index is 10.5. The summed E-state index contributed by atoms with van der Waals surface area (Å²) in [5.74, 6) is 0. The van der Waals surface area contributed by atoms with E-state index in [1.165, 1.54) is 0 Å². The highest BCUT2D eigenvalue weighted by Gasteiger charge is 2.35. The van der Waals surface area contributed by atoms with Gasteiger partial charge >= 0.3 is 42.8 Å². The van der Waals surface area contributed by atoms with E-state index >= 15 is 0 Å². The third kappa shape index (κ3) is 15.0. The van der Waals surface area contributed by atoms with Crippen molar-refractivity contribution < 1.29 is 37.7 Å². The third-order valence-corrected chi connectivity index (χ3v) is 37.7. The van der Waals surface area contributed by atoms with Crippen LogP contribution in [0.1, 0.15) is 0 Å². The molecule has 0 aliphatic heterocycles. The molecular weight excluding hydrogens is 517 g/mol. The molecule has 0 spiro atoms. The standard InChI is InChI=1S/C2H12O2Si3.CH10O3Si4.H10O4Si5/c1-7(2,3-5)4-6;1-8(3-5,4-6)7-2;1-8-9(2-5,3-6)4-7/h1-2,5-6H3;7H,1,5-6H3;8H,5-7H3. The highest BCUT2D eigenvalue weighted by molar-refractivity contribution is 7.13. The van der Waals surface area contributed by atoms with Crippen LogP contribution in [0.15, 0.2) is 0 Å². The van der Waals surface area contributed by atoms with Crippen LogP contribution in [0.4, 0.5) is 0 Å². The maximum Gasteiger partial charge on any atom is 0.505 e. The zero-order valence-electron chi connectivity index (χ0n) is 16.3. The zero-order valence-corrected chi connectivity index (χ0v) is 35.6. The molecule has 146 valence electrons. The minimum Gasteiger partial charge on any atom is -0.445 e. The lowest BCUT2D eigenvalue weighted by atomic mass is 11.9. The van der Waals surface area contributed by atoms with Crippen molar-refractivity contribution in [3.8, 4) is 0 Å². The molecule has 0 aromatic rings. The lowest BCUT2D eigenvalue weighted by Gasteiger charge is -2.19. The maximum atomic E-state index is 10.5. The Hall–Kier alpha value is 1.92.